The molecule has 0 bridgehead atoms. The third kappa shape index (κ3) is 6.98. The first-order valence-electron chi connectivity index (χ1n) is 4.47. The van der Waals surface area contributed by atoms with Gasteiger partial charge >= 0.3 is 17.1 Å². The Morgan fingerprint density at radius 1 is 1.00 bits per heavy atom. The van der Waals surface area contributed by atoms with Crippen LogP contribution in [0.15, 0.2) is 48.5 Å². The van der Waals surface area contributed by atoms with Gasteiger partial charge in [0.15, 0.2) is 0 Å². The maximum atomic E-state index is 2.41. The fourth-order valence-corrected chi connectivity index (χ4v) is 2.11. The zero-order valence-electron chi connectivity index (χ0n) is 8.61. The normalized spacial score (nSPS) is 10.0. The van der Waals surface area contributed by atoms with E-state index in [1.54, 1.807) is 0 Å². The van der Waals surface area contributed by atoms with E-state index in [-0.39, 0.29) is 16.5 Å². The van der Waals surface area contributed by atoms with Gasteiger partial charge < -0.3 is 0 Å². The molecule has 2 aromatic rings. The summed E-state index contributed by atoms with van der Waals surface area (Å²) in [7, 11) is 0. The second kappa shape index (κ2) is 8.50. The molecule has 88 valence electrons. The topological polar surface area (TPSA) is 0 Å². The molecule has 0 aromatic heterocycles. The van der Waals surface area contributed by atoms with E-state index in [1.165, 1.54) is 11.1 Å². The molecule has 0 spiro atoms. The third-order valence-electron chi connectivity index (χ3n) is 1.82. The number of halogens is 3. The van der Waals surface area contributed by atoms with Crippen LogP contribution in [0.4, 0.5) is 0 Å². The first kappa shape index (κ1) is 17.4. The summed E-state index contributed by atoms with van der Waals surface area (Å²) in [5.41, 5.74) is 2.72. The molecule has 0 aliphatic rings. The Morgan fingerprint density at radius 2 is 1.56 bits per heavy atom. The second-order valence-electron chi connectivity index (χ2n) is 3.13. The smallest absolute Gasteiger partial charge is 0.213 e. The van der Waals surface area contributed by atoms with Crippen molar-refractivity contribution in [1.29, 1.82) is 0 Å². The van der Waals surface area contributed by atoms with Crippen LogP contribution in [-0.2, 0) is 16.5 Å². The Kier molecular flexibility index (Phi) is 9.25. The molecule has 2 aromatic carbocycles. The van der Waals surface area contributed by atoms with Crippen LogP contribution in [0.3, 0.4) is 0 Å². The van der Waals surface area contributed by atoms with Crippen LogP contribution in [0.1, 0.15) is 11.1 Å². The van der Waals surface area contributed by atoms with Gasteiger partial charge in [0.05, 0.1) is 0 Å². The van der Waals surface area contributed by atoms with Gasteiger partial charge in [-0.3, -0.25) is 0 Å². The van der Waals surface area contributed by atoms with Gasteiger partial charge in [0.1, 0.15) is -0.565 Å². The van der Waals surface area contributed by atoms with E-state index in [0.717, 1.165) is 0 Å². The Labute approximate surface area is 149 Å². The van der Waals surface area contributed by atoms with Gasteiger partial charge in [0.2, 0.25) is 0 Å². The Bertz CT molecular complexity index is 357. The van der Waals surface area contributed by atoms with Gasteiger partial charge in [-0.25, -0.2) is 24.3 Å². The molecule has 0 saturated heterocycles. The van der Waals surface area contributed by atoms with Gasteiger partial charge in [-0.05, 0) is 0 Å². The van der Waals surface area contributed by atoms with Crippen molar-refractivity contribution in [1.82, 2.24) is 0 Å². The zero-order chi connectivity index (χ0) is 11.3. The van der Waals surface area contributed by atoms with Crippen LogP contribution in [0.2, 0.25) is 0 Å². The number of hydrogen-bond acceptors (Lipinski definition) is 0. The van der Waals surface area contributed by atoms with Crippen molar-refractivity contribution >= 4 is 67.8 Å². The number of hydrogen-bond donors (Lipinski definition) is 0. The van der Waals surface area contributed by atoms with E-state index >= 15 is 0 Å². The van der Waals surface area contributed by atoms with Crippen molar-refractivity contribution in [3.63, 3.8) is 0 Å². The summed E-state index contributed by atoms with van der Waals surface area (Å²) in [5, 5.41) is 0. The molecule has 0 radical (unpaired) electrons. The van der Waals surface area contributed by atoms with Crippen LogP contribution >= 0.6 is 67.8 Å². The van der Waals surface area contributed by atoms with E-state index < -0.39 is 0 Å². The van der Waals surface area contributed by atoms with Crippen molar-refractivity contribution < 1.29 is 17.1 Å². The molecule has 0 aliphatic heterocycles. The van der Waals surface area contributed by atoms with Crippen LogP contribution in [0, 0.1) is 6.92 Å². The van der Waals surface area contributed by atoms with E-state index in [9.17, 15) is 0 Å². The minimum Gasteiger partial charge on any atom is -0.213 e. The van der Waals surface area contributed by atoms with Gasteiger partial charge in [-0.1, -0.05) is 74.7 Å². The van der Waals surface area contributed by atoms with Crippen molar-refractivity contribution in [3.05, 3.63) is 59.7 Å². The first-order chi connectivity index (χ1) is 7.00. The van der Waals surface area contributed by atoms with Crippen molar-refractivity contribution in [2.24, 2.45) is 0 Å². The summed E-state index contributed by atoms with van der Waals surface area (Å²) in [6.45, 7) is 2.08. The summed E-state index contributed by atoms with van der Waals surface area (Å²) in [6.07, 6.45) is 0. The van der Waals surface area contributed by atoms with E-state index in [1.807, 2.05) is 12.1 Å². The second-order valence-corrected chi connectivity index (χ2v) is 14.2. The number of aryl methyl sites for hydroxylation is 1. The van der Waals surface area contributed by atoms with E-state index in [4.69, 9.17) is 0 Å². The Balaban J connectivity index is 0.000000283. The average Bonchev–Trinajstić information content (AvgIpc) is 2.73. The molecule has 2 rings (SSSR count). The molecule has 0 heterocycles. The van der Waals surface area contributed by atoms with Gasteiger partial charge in [0.25, 0.3) is 0 Å². The van der Waals surface area contributed by atoms with Gasteiger partial charge in [-0.15, -0.1) is 5.56 Å². The van der Waals surface area contributed by atoms with Crippen molar-refractivity contribution in [3.8, 4) is 0 Å². The molecule has 0 unspecified atom stereocenters. The first-order valence-corrected chi connectivity index (χ1v) is 7.71. The molecule has 0 N–H and O–H groups in total. The van der Waals surface area contributed by atoms with Gasteiger partial charge in [-0.2, -0.15) is 29.8 Å². The number of rotatable bonds is 1. The SMILES string of the molecule is Cc1ccc[cH-]1.IC(I)(I)c1ccc[cH-]1.[Fe+2]. The molecule has 4 heteroatoms. The standard InChI is InChI=1S/C6H4I3.C6H7.Fe/c7-6(8,9)5-3-1-2-4-5;1-6-4-2-3-5-6;/h1-4H;2-5H,1H3;/q2*-1;+2. The third-order valence-corrected chi connectivity index (χ3v) is 3.69. The molecule has 0 aliphatic carbocycles. The van der Waals surface area contributed by atoms with Crippen LogP contribution < -0.4 is 0 Å². The number of alkyl halides is 3. The average molecular weight is 592 g/mol. The van der Waals surface area contributed by atoms with Crippen molar-refractivity contribution in [2.45, 2.75) is 6.36 Å². The molecular weight excluding hydrogens is 581 g/mol. The molecule has 0 amide bonds. The summed E-state index contributed by atoms with van der Waals surface area (Å²) in [4.78, 5) is 0. The van der Waals surface area contributed by atoms with Crippen LogP contribution in [0.25, 0.3) is 0 Å². The minimum absolute atomic E-state index is 0. The summed E-state index contributed by atoms with van der Waals surface area (Å²) in [5.74, 6) is 0. The van der Waals surface area contributed by atoms with E-state index in [0.29, 0.717) is 0 Å². The Morgan fingerprint density at radius 3 is 1.75 bits per heavy atom. The van der Waals surface area contributed by atoms with Crippen molar-refractivity contribution in [2.75, 3.05) is 0 Å². The quantitative estimate of drug-likeness (QED) is 0.177. The fourth-order valence-electron chi connectivity index (χ4n) is 1.03. The summed E-state index contributed by atoms with van der Waals surface area (Å²) < 4.78 is 0.233. The largest absolute Gasteiger partial charge is 2.00 e. The molecule has 0 nitrogen and oxygen atoms in total. The summed E-state index contributed by atoms with van der Waals surface area (Å²) in [6, 6.07) is 16.7. The van der Waals surface area contributed by atoms with Gasteiger partial charge in [0, 0.05) is 0 Å². The molecule has 0 atom stereocenters. The predicted molar refractivity (Wildman–Crippen MR) is 92.5 cm³/mol. The fraction of sp³-hybridized carbons (Fsp3) is 0.167. The maximum absolute atomic E-state index is 2.41. The minimum atomic E-state index is 0. The predicted octanol–water partition coefficient (Wildman–Crippen LogP) is 5.53. The molecule has 16 heavy (non-hydrogen) atoms. The molecule has 0 fully saturated rings. The molecule has 0 saturated carbocycles. The summed E-state index contributed by atoms with van der Waals surface area (Å²) >= 11 is 7.24. The van der Waals surface area contributed by atoms with Crippen LogP contribution in [-0.4, -0.2) is 0 Å². The monoisotopic (exact) mass is 592 g/mol. The zero-order valence-corrected chi connectivity index (χ0v) is 16.2. The molecular formula is C12H11FeI3. The Hall–Kier alpha value is 1.41. The van der Waals surface area contributed by atoms with Crippen LogP contribution in [0.5, 0.6) is 0 Å². The van der Waals surface area contributed by atoms with E-state index in [2.05, 4.69) is 111 Å². The maximum Gasteiger partial charge on any atom is 2.00 e.